The number of nitrogens with one attached hydrogen (secondary N) is 1. The molecule has 0 radical (unpaired) electrons. The first kappa shape index (κ1) is 11.7. The molecule has 0 atom stereocenters. The van der Waals surface area contributed by atoms with Crippen molar-refractivity contribution in [1.82, 2.24) is 5.32 Å². The maximum atomic E-state index is 5.25. The van der Waals surface area contributed by atoms with E-state index in [1.165, 1.54) is 19.3 Å². The molecule has 0 bridgehead atoms. The smallest absolute Gasteiger partial charge is 0.0644 e. The molecule has 0 rings (SSSR count). The molecule has 0 saturated heterocycles. The second kappa shape index (κ2) is 10.7. The third-order valence-electron chi connectivity index (χ3n) is 1.63. The van der Waals surface area contributed by atoms with Gasteiger partial charge in [-0.05, 0) is 32.4 Å². The lowest BCUT2D eigenvalue weighted by atomic mass is 10.2. The molecule has 0 unspecified atom stereocenters. The zero-order chi connectivity index (χ0) is 9.07. The lowest BCUT2D eigenvalue weighted by Crippen LogP contribution is -2.13. The third-order valence-corrected chi connectivity index (χ3v) is 1.63. The summed E-state index contributed by atoms with van der Waals surface area (Å²) < 4.78 is 5.25. The average molecular weight is 171 g/mol. The molecule has 0 aliphatic rings. The Bertz CT molecular complexity index is 93.8. The first-order valence-corrected chi connectivity index (χ1v) is 4.81. The molecular formula is C10H21NO. The van der Waals surface area contributed by atoms with Crippen LogP contribution in [0, 0.1) is 0 Å². The van der Waals surface area contributed by atoms with Crippen LogP contribution in [-0.4, -0.2) is 26.3 Å². The quantitative estimate of drug-likeness (QED) is 0.423. The van der Waals surface area contributed by atoms with Crippen molar-refractivity contribution in [3.05, 3.63) is 12.7 Å². The molecule has 0 aliphatic heterocycles. The van der Waals surface area contributed by atoms with Gasteiger partial charge in [0.05, 0.1) is 6.61 Å². The Hall–Kier alpha value is -0.340. The van der Waals surface area contributed by atoms with Gasteiger partial charge in [0.1, 0.15) is 0 Å². The Morgan fingerprint density at radius 3 is 2.83 bits per heavy atom. The summed E-state index contributed by atoms with van der Waals surface area (Å²) in [6.07, 6.45) is 5.47. The van der Waals surface area contributed by atoms with E-state index < -0.39 is 0 Å². The van der Waals surface area contributed by atoms with Gasteiger partial charge in [-0.3, -0.25) is 0 Å². The predicted octanol–water partition coefficient (Wildman–Crippen LogP) is 1.97. The molecule has 72 valence electrons. The minimum Gasteiger partial charge on any atom is -0.377 e. The van der Waals surface area contributed by atoms with Crippen LogP contribution in [0.25, 0.3) is 0 Å². The zero-order valence-corrected chi connectivity index (χ0v) is 8.14. The highest BCUT2D eigenvalue weighted by Crippen LogP contribution is 1.94. The lowest BCUT2D eigenvalue weighted by Gasteiger charge is -2.02. The molecule has 0 amide bonds. The van der Waals surface area contributed by atoms with Crippen molar-refractivity contribution in [2.45, 2.75) is 26.2 Å². The van der Waals surface area contributed by atoms with Crippen molar-refractivity contribution in [3.8, 4) is 0 Å². The minimum absolute atomic E-state index is 0.688. The summed E-state index contributed by atoms with van der Waals surface area (Å²) in [5.74, 6) is 0. The van der Waals surface area contributed by atoms with Crippen LogP contribution in [-0.2, 0) is 4.74 Å². The fraction of sp³-hybridized carbons (Fsp3) is 0.800. The standard InChI is InChI=1S/C10H21NO/c1-3-9-12-10-7-5-6-8-11-4-2/h3,11H,1,4-10H2,2H3. The van der Waals surface area contributed by atoms with Crippen molar-refractivity contribution < 1.29 is 4.74 Å². The van der Waals surface area contributed by atoms with Gasteiger partial charge in [0.15, 0.2) is 0 Å². The van der Waals surface area contributed by atoms with Crippen molar-refractivity contribution in [2.24, 2.45) is 0 Å². The summed E-state index contributed by atoms with van der Waals surface area (Å²) in [6, 6.07) is 0. The Labute approximate surface area is 76.0 Å². The van der Waals surface area contributed by atoms with Crippen LogP contribution in [0.5, 0.6) is 0 Å². The van der Waals surface area contributed by atoms with Gasteiger partial charge < -0.3 is 10.1 Å². The van der Waals surface area contributed by atoms with E-state index in [2.05, 4.69) is 18.8 Å². The Morgan fingerprint density at radius 2 is 2.17 bits per heavy atom. The van der Waals surface area contributed by atoms with Crippen molar-refractivity contribution >= 4 is 0 Å². The van der Waals surface area contributed by atoms with E-state index in [1.807, 2.05) is 0 Å². The topological polar surface area (TPSA) is 21.3 Å². The first-order valence-electron chi connectivity index (χ1n) is 4.81. The Kier molecular flexibility index (Phi) is 10.4. The highest BCUT2D eigenvalue weighted by molar-refractivity contribution is 4.63. The molecule has 1 N–H and O–H groups in total. The summed E-state index contributed by atoms with van der Waals surface area (Å²) in [5, 5.41) is 3.29. The number of hydrogen-bond acceptors (Lipinski definition) is 2. The van der Waals surface area contributed by atoms with Crippen LogP contribution >= 0.6 is 0 Å². The van der Waals surface area contributed by atoms with Crippen LogP contribution in [0.4, 0.5) is 0 Å². The molecule has 0 aliphatic carbocycles. The van der Waals surface area contributed by atoms with E-state index in [0.29, 0.717) is 6.61 Å². The van der Waals surface area contributed by atoms with Gasteiger partial charge in [0, 0.05) is 6.61 Å². The van der Waals surface area contributed by atoms with Gasteiger partial charge in [-0.25, -0.2) is 0 Å². The molecule has 0 saturated carbocycles. The highest BCUT2D eigenvalue weighted by atomic mass is 16.5. The van der Waals surface area contributed by atoms with Gasteiger partial charge in [0.2, 0.25) is 0 Å². The molecule has 0 aromatic heterocycles. The van der Waals surface area contributed by atoms with E-state index >= 15 is 0 Å². The Morgan fingerprint density at radius 1 is 1.33 bits per heavy atom. The fourth-order valence-electron chi connectivity index (χ4n) is 0.974. The lowest BCUT2D eigenvalue weighted by molar-refractivity contribution is 0.157. The van der Waals surface area contributed by atoms with E-state index in [9.17, 15) is 0 Å². The summed E-state index contributed by atoms with van der Waals surface area (Å²) in [7, 11) is 0. The summed E-state index contributed by atoms with van der Waals surface area (Å²) >= 11 is 0. The summed E-state index contributed by atoms with van der Waals surface area (Å²) in [4.78, 5) is 0. The third kappa shape index (κ3) is 9.66. The molecule has 0 spiro atoms. The Balaban J connectivity index is 2.77. The van der Waals surface area contributed by atoms with Crippen molar-refractivity contribution in [2.75, 3.05) is 26.3 Å². The van der Waals surface area contributed by atoms with Gasteiger partial charge in [-0.2, -0.15) is 0 Å². The van der Waals surface area contributed by atoms with Gasteiger partial charge in [0.25, 0.3) is 0 Å². The first-order chi connectivity index (χ1) is 5.91. The largest absolute Gasteiger partial charge is 0.377 e. The molecule has 0 fully saturated rings. The van der Waals surface area contributed by atoms with Gasteiger partial charge in [-0.1, -0.05) is 13.0 Å². The molecule has 2 nitrogen and oxygen atoms in total. The molecule has 2 heteroatoms. The van der Waals surface area contributed by atoms with E-state index in [-0.39, 0.29) is 0 Å². The normalized spacial score (nSPS) is 10.1. The second-order valence-electron chi connectivity index (χ2n) is 2.78. The predicted molar refractivity (Wildman–Crippen MR) is 53.4 cm³/mol. The van der Waals surface area contributed by atoms with E-state index in [1.54, 1.807) is 6.08 Å². The molecular weight excluding hydrogens is 150 g/mol. The molecule has 0 heterocycles. The number of unbranched alkanes of at least 4 members (excludes halogenated alkanes) is 2. The van der Waals surface area contributed by atoms with Crippen LogP contribution in [0.15, 0.2) is 12.7 Å². The van der Waals surface area contributed by atoms with E-state index in [4.69, 9.17) is 4.74 Å². The minimum atomic E-state index is 0.688. The van der Waals surface area contributed by atoms with Gasteiger partial charge in [-0.15, -0.1) is 6.58 Å². The number of hydrogen-bond donors (Lipinski definition) is 1. The monoisotopic (exact) mass is 171 g/mol. The summed E-state index contributed by atoms with van der Waals surface area (Å²) in [5.41, 5.74) is 0. The highest BCUT2D eigenvalue weighted by Gasteiger charge is 1.88. The van der Waals surface area contributed by atoms with Crippen LogP contribution < -0.4 is 5.32 Å². The summed E-state index contributed by atoms with van der Waals surface area (Å²) in [6.45, 7) is 9.49. The maximum Gasteiger partial charge on any atom is 0.0644 e. The maximum absolute atomic E-state index is 5.25. The van der Waals surface area contributed by atoms with Crippen molar-refractivity contribution in [1.29, 1.82) is 0 Å². The van der Waals surface area contributed by atoms with Crippen LogP contribution in [0.1, 0.15) is 26.2 Å². The number of rotatable bonds is 9. The average Bonchev–Trinajstić information content (AvgIpc) is 2.10. The van der Waals surface area contributed by atoms with E-state index in [0.717, 1.165) is 19.7 Å². The van der Waals surface area contributed by atoms with Crippen LogP contribution in [0.3, 0.4) is 0 Å². The fourth-order valence-corrected chi connectivity index (χ4v) is 0.974. The molecule has 12 heavy (non-hydrogen) atoms. The zero-order valence-electron chi connectivity index (χ0n) is 8.14. The van der Waals surface area contributed by atoms with Crippen LogP contribution in [0.2, 0.25) is 0 Å². The molecule has 0 aromatic carbocycles. The van der Waals surface area contributed by atoms with Gasteiger partial charge >= 0.3 is 0 Å². The number of ether oxygens (including phenoxy) is 1. The van der Waals surface area contributed by atoms with Crippen molar-refractivity contribution in [3.63, 3.8) is 0 Å². The molecule has 0 aromatic rings. The second-order valence-corrected chi connectivity index (χ2v) is 2.78. The SMILES string of the molecule is C=CCOCCCCCNCC.